The van der Waals surface area contributed by atoms with Gasteiger partial charge in [0.1, 0.15) is 13.2 Å². The van der Waals surface area contributed by atoms with Crippen molar-refractivity contribution >= 4 is 49.5 Å². The molecular weight excluding hydrogens is 652 g/mol. The second-order valence-corrected chi connectivity index (χ2v) is 13.6. The van der Waals surface area contributed by atoms with Gasteiger partial charge < -0.3 is 29.7 Å². The number of aromatic nitrogens is 4. The minimum atomic E-state index is -0.309. The number of pyridine rings is 4. The first-order chi connectivity index (χ1) is 24.2. The number of nitrogens with two attached hydrogens (primary N) is 1. The lowest BCUT2D eigenvalue weighted by molar-refractivity contribution is -0.119. The summed E-state index contributed by atoms with van der Waals surface area (Å²) in [5, 5.41) is 6.51. The van der Waals surface area contributed by atoms with Gasteiger partial charge in [0, 0.05) is 79.9 Å². The van der Waals surface area contributed by atoms with Crippen LogP contribution in [-0.4, -0.2) is 50.5 Å². The molecule has 13 heteroatoms. The third-order valence-corrected chi connectivity index (χ3v) is 10.2. The Balaban J connectivity index is 0.000000160. The van der Waals surface area contributed by atoms with Gasteiger partial charge in [-0.15, -0.1) is 0 Å². The molecule has 0 aliphatic carbocycles. The van der Waals surface area contributed by atoms with Gasteiger partial charge >= 0.3 is 0 Å². The molecule has 6 heterocycles. The van der Waals surface area contributed by atoms with E-state index in [9.17, 15) is 24.0 Å². The number of amides is 1. The lowest BCUT2D eigenvalue weighted by atomic mass is 10.0. The standard InChI is InChI=1S/C20H21N3O4.C18H19N3O3/c1-10-5-16(25)22(4)18-14(10)7-15-11(2)6-17(26)23-13(8-21-12(3)24)9-27-20(18)19(15)23;1-9-4-14(22)20(3)16-12(9)6-13-10(2)5-15(23)21-11(7-19)8-24-18(16)17(13)21/h5-7,13H,8-9H2,1-4H3,(H,21,24);4-6,11H,7-8,19H2,1-3H3. The molecule has 0 radical (unpaired) electrons. The third-order valence-electron chi connectivity index (χ3n) is 10.2. The number of benzene rings is 2. The number of aryl methyl sites for hydroxylation is 6. The Bertz CT molecular complexity index is 2740. The molecule has 0 bridgehead atoms. The number of ether oxygens (including phenoxy) is 2. The van der Waals surface area contributed by atoms with E-state index in [0.717, 1.165) is 54.8 Å². The van der Waals surface area contributed by atoms with Crippen molar-refractivity contribution in [3.05, 3.63) is 100 Å². The molecule has 4 aromatic heterocycles. The van der Waals surface area contributed by atoms with Crippen LogP contribution in [0.2, 0.25) is 0 Å². The Morgan fingerprint density at radius 3 is 1.43 bits per heavy atom. The number of hydrogen-bond acceptors (Lipinski definition) is 8. The van der Waals surface area contributed by atoms with E-state index in [0.29, 0.717) is 42.2 Å². The molecule has 0 saturated carbocycles. The molecular formula is C38H40N6O7. The Morgan fingerprint density at radius 1 is 0.647 bits per heavy atom. The lowest BCUT2D eigenvalue weighted by Gasteiger charge is -2.30. The molecule has 0 fully saturated rings. The Kier molecular flexibility index (Phi) is 8.13. The van der Waals surface area contributed by atoms with Crippen molar-refractivity contribution in [1.82, 2.24) is 23.6 Å². The van der Waals surface area contributed by atoms with Crippen LogP contribution in [0.25, 0.3) is 43.6 Å². The molecule has 1 amide bonds. The molecule has 51 heavy (non-hydrogen) atoms. The molecule has 0 spiro atoms. The van der Waals surface area contributed by atoms with Crippen molar-refractivity contribution in [3.63, 3.8) is 0 Å². The minimum Gasteiger partial charge on any atom is -0.487 e. The van der Waals surface area contributed by atoms with Crippen LogP contribution in [0, 0.1) is 27.7 Å². The molecule has 0 saturated heterocycles. The van der Waals surface area contributed by atoms with E-state index in [1.54, 1.807) is 56.6 Å². The summed E-state index contributed by atoms with van der Waals surface area (Å²) >= 11 is 0. The fourth-order valence-electron chi connectivity index (χ4n) is 7.54. The highest BCUT2D eigenvalue weighted by atomic mass is 16.5. The van der Waals surface area contributed by atoms with E-state index in [-0.39, 0.29) is 46.8 Å². The minimum absolute atomic E-state index is 0.0861. The lowest BCUT2D eigenvalue weighted by Crippen LogP contribution is -2.39. The maximum Gasteiger partial charge on any atom is 0.251 e. The Morgan fingerprint density at radius 2 is 1.02 bits per heavy atom. The van der Waals surface area contributed by atoms with E-state index in [1.807, 2.05) is 39.8 Å². The smallest absolute Gasteiger partial charge is 0.251 e. The van der Waals surface area contributed by atoms with Crippen LogP contribution in [0.1, 0.15) is 41.3 Å². The highest BCUT2D eigenvalue weighted by Crippen LogP contribution is 2.41. The monoisotopic (exact) mass is 692 g/mol. The number of carbonyl (C=O) groups excluding carboxylic acids is 1. The van der Waals surface area contributed by atoms with Crippen molar-refractivity contribution in [2.45, 2.75) is 46.7 Å². The number of nitrogens with one attached hydrogen (secondary N) is 1. The molecule has 2 aromatic carbocycles. The Labute approximate surface area is 291 Å². The van der Waals surface area contributed by atoms with Crippen LogP contribution in [0.3, 0.4) is 0 Å². The van der Waals surface area contributed by atoms with E-state index < -0.39 is 0 Å². The van der Waals surface area contributed by atoms with Gasteiger partial charge in [-0.2, -0.15) is 0 Å². The predicted octanol–water partition coefficient (Wildman–Crippen LogP) is 2.90. The molecule has 2 unspecified atom stereocenters. The molecule has 2 atom stereocenters. The summed E-state index contributed by atoms with van der Waals surface area (Å²) in [6.07, 6.45) is 0. The average Bonchev–Trinajstić information content (AvgIpc) is 3.09. The summed E-state index contributed by atoms with van der Waals surface area (Å²) < 4.78 is 18.6. The second-order valence-electron chi connectivity index (χ2n) is 13.6. The topological polar surface area (TPSA) is 162 Å². The molecule has 2 aliphatic heterocycles. The first kappa shape index (κ1) is 33.8. The van der Waals surface area contributed by atoms with E-state index in [1.165, 1.54) is 6.92 Å². The summed E-state index contributed by atoms with van der Waals surface area (Å²) in [5.74, 6) is 0.982. The Hall–Kier alpha value is -5.69. The first-order valence-electron chi connectivity index (χ1n) is 16.8. The zero-order valence-corrected chi connectivity index (χ0v) is 29.7. The van der Waals surface area contributed by atoms with E-state index in [4.69, 9.17) is 15.2 Å². The fourth-order valence-corrected chi connectivity index (χ4v) is 7.54. The number of carbonyl (C=O) groups is 1. The highest BCUT2D eigenvalue weighted by Gasteiger charge is 2.29. The molecule has 3 N–H and O–H groups in total. The van der Waals surface area contributed by atoms with Gasteiger partial charge in [-0.1, -0.05) is 0 Å². The van der Waals surface area contributed by atoms with Crippen LogP contribution >= 0.6 is 0 Å². The second kappa shape index (κ2) is 12.3. The number of fused-ring (bicyclic) bond motifs is 4. The summed E-state index contributed by atoms with van der Waals surface area (Å²) in [7, 11) is 3.43. The molecule has 6 aromatic rings. The third kappa shape index (κ3) is 5.22. The van der Waals surface area contributed by atoms with Crippen molar-refractivity contribution in [1.29, 1.82) is 0 Å². The van der Waals surface area contributed by atoms with Gasteiger partial charge in [-0.3, -0.25) is 33.1 Å². The molecule has 8 rings (SSSR count). The van der Waals surface area contributed by atoms with Gasteiger partial charge in [-0.05, 0) is 62.1 Å². The van der Waals surface area contributed by atoms with Gasteiger partial charge in [0.05, 0.1) is 34.2 Å². The highest BCUT2D eigenvalue weighted by molar-refractivity contribution is 6.06. The van der Waals surface area contributed by atoms with Gasteiger partial charge in [0.15, 0.2) is 11.5 Å². The maximum absolute atomic E-state index is 12.8. The molecule has 13 nitrogen and oxygen atoms in total. The zero-order chi connectivity index (χ0) is 36.6. The first-order valence-corrected chi connectivity index (χ1v) is 16.8. The van der Waals surface area contributed by atoms with Crippen LogP contribution in [-0.2, 0) is 18.9 Å². The van der Waals surface area contributed by atoms with Crippen LogP contribution in [0.15, 0.2) is 55.6 Å². The van der Waals surface area contributed by atoms with Crippen molar-refractivity contribution < 1.29 is 14.3 Å². The van der Waals surface area contributed by atoms with Crippen molar-refractivity contribution in [2.24, 2.45) is 19.8 Å². The SMILES string of the molecule is CC(=O)NCC1COc2c3c(cc4c(C)cc(=O)n1c24)c(C)cc(=O)n3C.Cc1cc(=O)n(C)c2c3c4c(cc12)c(C)cc(=O)n4C(CN)CO3. The number of nitrogens with zero attached hydrogens (tertiary/aromatic N) is 4. The van der Waals surface area contributed by atoms with Crippen molar-refractivity contribution in [3.8, 4) is 11.5 Å². The van der Waals surface area contributed by atoms with Crippen LogP contribution in [0.5, 0.6) is 11.5 Å². The normalized spacial score (nSPS) is 16.2. The quantitative estimate of drug-likeness (QED) is 0.268. The molecule has 264 valence electrons. The summed E-state index contributed by atoms with van der Waals surface area (Å²) in [6.45, 7) is 10.3. The van der Waals surface area contributed by atoms with E-state index in [2.05, 4.69) is 5.32 Å². The predicted molar refractivity (Wildman–Crippen MR) is 198 cm³/mol. The summed E-state index contributed by atoms with van der Waals surface area (Å²) in [6, 6.07) is 10.0. The zero-order valence-electron chi connectivity index (χ0n) is 29.7. The van der Waals surface area contributed by atoms with Gasteiger partial charge in [-0.25, -0.2) is 0 Å². The van der Waals surface area contributed by atoms with Gasteiger partial charge in [0.2, 0.25) is 5.91 Å². The van der Waals surface area contributed by atoms with Crippen LogP contribution < -0.4 is 42.8 Å². The van der Waals surface area contributed by atoms with Crippen LogP contribution in [0.4, 0.5) is 0 Å². The summed E-state index contributed by atoms with van der Waals surface area (Å²) in [5.41, 5.74) is 11.7. The van der Waals surface area contributed by atoms with E-state index >= 15 is 0 Å². The number of hydrogen-bond donors (Lipinski definition) is 2. The fraction of sp³-hybridized carbons (Fsp3) is 0.342. The molecule has 2 aliphatic rings. The average molecular weight is 693 g/mol. The largest absolute Gasteiger partial charge is 0.487 e. The van der Waals surface area contributed by atoms with Crippen molar-refractivity contribution in [2.75, 3.05) is 26.3 Å². The van der Waals surface area contributed by atoms with Gasteiger partial charge in [0.25, 0.3) is 22.2 Å². The maximum atomic E-state index is 12.8. The summed E-state index contributed by atoms with van der Waals surface area (Å²) in [4.78, 5) is 61.3. The number of rotatable bonds is 3.